The minimum absolute atomic E-state index is 0.0612. The number of pyridine rings is 1. The number of nitrogens with one attached hydrogen (secondary N) is 2. The molecule has 1 aromatic heterocycles. The second-order valence-corrected chi connectivity index (χ2v) is 6.87. The highest BCUT2D eigenvalue weighted by Crippen LogP contribution is 2.21. The summed E-state index contributed by atoms with van der Waals surface area (Å²) in [6.45, 7) is 5.67. The van der Waals surface area contributed by atoms with Crippen LogP contribution in [0.4, 0.5) is 5.69 Å². The minimum Gasteiger partial charge on any atom is -0.497 e. The molecule has 6 heteroatoms. The van der Waals surface area contributed by atoms with E-state index in [1.165, 1.54) is 0 Å². The predicted molar refractivity (Wildman–Crippen MR) is 110 cm³/mol. The maximum Gasteiger partial charge on any atom is 0.274 e. The van der Waals surface area contributed by atoms with Crippen LogP contribution in [0.1, 0.15) is 40.3 Å². The van der Waals surface area contributed by atoms with Crippen LogP contribution in [0.5, 0.6) is 5.75 Å². The Balaban J connectivity index is 1.79. The van der Waals surface area contributed by atoms with Crippen molar-refractivity contribution < 1.29 is 14.3 Å². The van der Waals surface area contributed by atoms with Crippen molar-refractivity contribution in [2.45, 2.75) is 26.8 Å². The number of hydrogen-bond donors (Lipinski definition) is 2. The van der Waals surface area contributed by atoms with E-state index in [2.05, 4.69) is 15.6 Å². The Hall–Kier alpha value is -3.41. The largest absolute Gasteiger partial charge is 0.497 e. The highest BCUT2D eigenvalue weighted by Gasteiger charge is 2.13. The maximum absolute atomic E-state index is 12.6. The molecular weight excluding hydrogens is 354 g/mol. The highest BCUT2D eigenvalue weighted by atomic mass is 16.5. The van der Waals surface area contributed by atoms with Crippen LogP contribution in [0.25, 0.3) is 10.9 Å². The molecule has 144 valence electrons. The third-order valence-corrected chi connectivity index (χ3v) is 4.29. The van der Waals surface area contributed by atoms with Crippen molar-refractivity contribution in [1.82, 2.24) is 10.3 Å². The van der Waals surface area contributed by atoms with E-state index in [9.17, 15) is 9.59 Å². The second-order valence-electron chi connectivity index (χ2n) is 6.87. The van der Waals surface area contributed by atoms with E-state index in [4.69, 9.17) is 4.74 Å². The van der Waals surface area contributed by atoms with Crippen molar-refractivity contribution in [2.75, 3.05) is 12.4 Å². The van der Waals surface area contributed by atoms with Gasteiger partial charge in [-0.05, 0) is 68.8 Å². The number of nitrogens with zero attached hydrogens (tertiary/aromatic N) is 1. The number of carbonyl (C=O) groups excluding carboxylic acids is 2. The topological polar surface area (TPSA) is 80.3 Å². The summed E-state index contributed by atoms with van der Waals surface area (Å²) in [6.07, 6.45) is 0. The minimum atomic E-state index is -0.305. The van der Waals surface area contributed by atoms with Gasteiger partial charge in [-0.3, -0.25) is 9.59 Å². The number of aryl methyl sites for hydroxylation is 1. The smallest absolute Gasteiger partial charge is 0.274 e. The maximum atomic E-state index is 12.6. The molecule has 28 heavy (non-hydrogen) atoms. The summed E-state index contributed by atoms with van der Waals surface area (Å²) in [4.78, 5) is 29.2. The molecule has 0 unspecified atom stereocenters. The molecule has 0 aliphatic carbocycles. The number of hydrogen-bond acceptors (Lipinski definition) is 4. The van der Waals surface area contributed by atoms with Gasteiger partial charge in [0.1, 0.15) is 11.4 Å². The average molecular weight is 377 g/mol. The van der Waals surface area contributed by atoms with Gasteiger partial charge in [-0.2, -0.15) is 0 Å². The quantitative estimate of drug-likeness (QED) is 0.706. The molecule has 0 saturated carbocycles. The fraction of sp³-hybridized carbons (Fsp3) is 0.227. The van der Waals surface area contributed by atoms with Crippen LogP contribution in [-0.4, -0.2) is 29.9 Å². The molecule has 0 atom stereocenters. The van der Waals surface area contributed by atoms with Crippen LogP contribution in [0.3, 0.4) is 0 Å². The monoisotopic (exact) mass is 377 g/mol. The molecule has 2 N–H and O–H groups in total. The number of benzene rings is 2. The lowest BCUT2D eigenvalue weighted by Gasteiger charge is -2.12. The summed E-state index contributed by atoms with van der Waals surface area (Å²) in [6, 6.07) is 14.3. The van der Waals surface area contributed by atoms with Crippen molar-refractivity contribution in [3.8, 4) is 5.75 Å². The molecule has 2 aromatic carbocycles. The van der Waals surface area contributed by atoms with Crippen molar-refractivity contribution in [3.05, 3.63) is 65.4 Å². The molecule has 0 spiro atoms. The van der Waals surface area contributed by atoms with Gasteiger partial charge in [0.2, 0.25) is 0 Å². The van der Waals surface area contributed by atoms with Crippen LogP contribution >= 0.6 is 0 Å². The highest BCUT2D eigenvalue weighted by molar-refractivity contribution is 6.05. The summed E-state index contributed by atoms with van der Waals surface area (Å²) in [5, 5.41) is 6.61. The summed E-state index contributed by atoms with van der Waals surface area (Å²) in [7, 11) is 1.61. The normalized spacial score (nSPS) is 10.8. The lowest BCUT2D eigenvalue weighted by Crippen LogP contribution is -2.30. The first-order valence-electron chi connectivity index (χ1n) is 9.05. The first-order chi connectivity index (χ1) is 13.4. The Bertz CT molecular complexity index is 1040. The Morgan fingerprint density at radius 2 is 1.79 bits per heavy atom. The number of amides is 2. The van der Waals surface area contributed by atoms with Gasteiger partial charge in [0.05, 0.1) is 12.6 Å². The summed E-state index contributed by atoms with van der Waals surface area (Å²) in [5.41, 5.74) is 3.03. The van der Waals surface area contributed by atoms with E-state index >= 15 is 0 Å². The average Bonchev–Trinajstić information content (AvgIpc) is 2.68. The van der Waals surface area contributed by atoms with Crippen molar-refractivity contribution in [2.24, 2.45) is 0 Å². The molecule has 3 aromatic rings. The molecule has 0 radical (unpaired) electrons. The number of ether oxygens (including phenoxy) is 1. The molecular formula is C22H23N3O3. The van der Waals surface area contributed by atoms with Gasteiger partial charge in [-0.15, -0.1) is 0 Å². The zero-order valence-corrected chi connectivity index (χ0v) is 16.4. The Morgan fingerprint density at radius 3 is 2.46 bits per heavy atom. The summed E-state index contributed by atoms with van der Waals surface area (Å²) >= 11 is 0. The van der Waals surface area contributed by atoms with Gasteiger partial charge in [0.25, 0.3) is 11.8 Å². The Kier molecular flexibility index (Phi) is 5.59. The third kappa shape index (κ3) is 4.28. The second kappa shape index (κ2) is 8.08. The van der Waals surface area contributed by atoms with Crippen LogP contribution in [0.15, 0.2) is 48.5 Å². The van der Waals surface area contributed by atoms with E-state index in [-0.39, 0.29) is 17.9 Å². The van der Waals surface area contributed by atoms with E-state index in [0.29, 0.717) is 22.5 Å². The zero-order chi connectivity index (χ0) is 20.3. The van der Waals surface area contributed by atoms with Gasteiger partial charge >= 0.3 is 0 Å². The number of fused-ring (bicyclic) bond motifs is 1. The third-order valence-electron chi connectivity index (χ3n) is 4.29. The van der Waals surface area contributed by atoms with Crippen molar-refractivity contribution in [3.63, 3.8) is 0 Å². The van der Waals surface area contributed by atoms with Crippen LogP contribution < -0.4 is 15.4 Å². The van der Waals surface area contributed by atoms with E-state index in [1.54, 1.807) is 31.4 Å². The molecule has 0 saturated heterocycles. The fourth-order valence-corrected chi connectivity index (χ4v) is 2.83. The molecule has 6 nitrogen and oxygen atoms in total. The number of aromatic nitrogens is 1. The van der Waals surface area contributed by atoms with Crippen LogP contribution in [0.2, 0.25) is 0 Å². The van der Waals surface area contributed by atoms with E-state index in [0.717, 1.165) is 16.7 Å². The van der Waals surface area contributed by atoms with Gasteiger partial charge < -0.3 is 15.4 Å². The molecule has 0 bridgehead atoms. The summed E-state index contributed by atoms with van der Waals surface area (Å²) in [5.74, 6) is 0.298. The van der Waals surface area contributed by atoms with Gasteiger partial charge in [-0.1, -0.05) is 6.07 Å². The fourth-order valence-electron chi connectivity index (χ4n) is 2.83. The first kappa shape index (κ1) is 19.4. The number of methoxy groups -OCH3 is 1. The van der Waals surface area contributed by atoms with Crippen LogP contribution in [0, 0.1) is 6.92 Å². The lowest BCUT2D eigenvalue weighted by atomic mass is 10.1. The standard InChI is InChI=1S/C22H23N3O3/c1-13(2)23-21(26)16-6-8-18(14(3)11-16)25-22(27)20-9-5-15-12-17(28-4)7-10-19(15)24-20/h5-13H,1-4H3,(H,23,26)(H,25,27). The van der Waals surface area contributed by atoms with E-state index in [1.807, 2.05) is 45.0 Å². The summed E-state index contributed by atoms with van der Waals surface area (Å²) < 4.78 is 5.20. The molecule has 2 amide bonds. The Morgan fingerprint density at radius 1 is 1.00 bits per heavy atom. The Labute approximate surface area is 163 Å². The number of rotatable bonds is 5. The zero-order valence-electron chi connectivity index (χ0n) is 16.4. The van der Waals surface area contributed by atoms with Crippen LogP contribution in [-0.2, 0) is 0 Å². The lowest BCUT2D eigenvalue weighted by molar-refractivity contribution is 0.0942. The molecule has 0 aliphatic heterocycles. The van der Waals surface area contributed by atoms with Gasteiger partial charge in [0, 0.05) is 22.7 Å². The molecule has 1 heterocycles. The van der Waals surface area contributed by atoms with E-state index < -0.39 is 0 Å². The number of carbonyl (C=O) groups is 2. The molecule has 3 rings (SSSR count). The predicted octanol–water partition coefficient (Wildman–Crippen LogP) is 3.94. The molecule has 0 aliphatic rings. The van der Waals surface area contributed by atoms with Gasteiger partial charge in [-0.25, -0.2) is 4.98 Å². The SMILES string of the molecule is COc1ccc2nc(C(=O)Nc3ccc(C(=O)NC(C)C)cc3C)ccc2c1. The number of anilines is 1. The van der Waals surface area contributed by atoms with Crippen molar-refractivity contribution >= 4 is 28.4 Å². The van der Waals surface area contributed by atoms with Crippen molar-refractivity contribution in [1.29, 1.82) is 0 Å². The molecule has 0 fully saturated rings. The first-order valence-corrected chi connectivity index (χ1v) is 9.05. The van der Waals surface area contributed by atoms with Gasteiger partial charge in [0.15, 0.2) is 0 Å².